The normalized spacial score (nSPS) is 11.0. The first-order valence-electron chi connectivity index (χ1n) is 7.08. The van der Waals surface area contributed by atoms with Crippen molar-refractivity contribution < 1.29 is 4.84 Å². The molecule has 0 amide bonds. The smallest absolute Gasteiger partial charge is 0.195 e. The first-order valence-corrected chi connectivity index (χ1v) is 7.49. The fourth-order valence-electron chi connectivity index (χ4n) is 2.06. The summed E-state index contributed by atoms with van der Waals surface area (Å²) in [5.41, 5.74) is 11.4. The van der Waals surface area contributed by atoms with Crippen molar-refractivity contribution in [3.05, 3.63) is 65.7 Å². The van der Waals surface area contributed by atoms with Crippen LogP contribution in [0, 0.1) is 0 Å². The summed E-state index contributed by atoms with van der Waals surface area (Å²) in [5.74, 6) is 0. The van der Waals surface area contributed by atoms with Crippen LogP contribution in [0.3, 0.4) is 0 Å². The highest BCUT2D eigenvalue weighted by molar-refractivity contribution is 7.80. The van der Waals surface area contributed by atoms with E-state index >= 15 is 0 Å². The Morgan fingerprint density at radius 1 is 1.09 bits per heavy atom. The van der Waals surface area contributed by atoms with E-state index in [-0.39, 0.29) is 0 Å². The van der Waals surface area contributed by atoms with Crippen LogP contribution in [0.15, 0.2) is 54.6 Å². The SMILES string of the molecule is CC(C)(N)c1ccccc1NC(=S)NOCc1ccccc1. The number of benzene rings is 2. The second kappa shape index (κ2) is 7.35. The summed E-state index contributed by atoms with van der Waals surface area (Å²) in [6, 6.07) is 17.7. The van der Waals surface area contributed by atoms with Crippen LogP contribution in [0.5, 0.6) is 0 Å². The summed E-state index contributed by atoms with van der Waals surface area (Å²) in [7, 11) is 0. The Kier molecular flexibility index (Phi) is 5.49. The number of hydrogen-bond donors (Lipinski definition) is 3. The number of hydroxylamine groups is 1. The van der Waals surface area contributed by atoms with Crippen LogP contribution in [0.2, 0.25) is 0 Å². The third-order valence-electron chi connectivity index (χ3n) is 3.12. The zero-order valence-corrected chi connectivity index (χ0v) is 13.6. The second-order valence-corrected chi connectivity index (χ2v) is 6.01. The lowest BCUT2D eigenvalue weighted by Gasteiger charge is -2.23. The van der Waals surface area contributed by atoms with Gasteiger partial charge in [-0.3, -0.25) is 4.84 Å². The van der Waals surface area contributed by atoms with Crippen molar-refractivity contribution in [3.63, 3.8) is 0 Å². The van der Waals surface area contributed by atoms with Gasteiger partial charge in [-0.1, -0.05) is 48.5 Å². The van der Waals surface area contributed by atoms with Crippen molar-refractivity contribution >= 4 is 23.0 Å². The standard InChI is InChI=1S/C17H21N3OS/c1-17(2,18)14-10-6-7-11-15(14)19-16(22)20-21-12-13-8-4-3-5-9-13/h3-11H,12,18H2,1-2H3,(H2,19,20,22). The molecule has 0 radical (unpaired) electrons. The number of nitrogens with two attached hydrogens (primary N) is 1. The topological polar surface area (TPSA) is 59.3 Å². The van der Waals surface area contributed by atoms with Gasteiger partial charge in [-0.05, 0) is 43.3 Å². The molecule has 2 aromatic carbocycles. The molecular formula is C17H21N3OS. The summed E-state index contributed by atoms with van der Waals surface area (Å²) >= 11 is 5.25. The average Bonchev–Trinajstić information content (AvgIpc) is 2.48. The first-order chi connectivity index (χ1) is 10.5. The minimum Gasteiger partial charge on any atom is -0.331 e. The Morgan fingerprint density at radius 2 is 1.73 bits per heavy atom. The van der Waals surface area contributed by atoms with E-state index in [1.807, 2.05) is 68.4 Å². The number of hydrogen-bond acceptors (Lipinski definition) is 3. The first kappa shape index (κ1) is 16.4. The third-order valence-corrected chi connectivity index (χ3v) is 3.30. The minimum atomic E-state index is -0.454. The van der Waals surface area contributed by atoms with E-state index in [0.717, 1.165) is 16.8 Å². The van der Waals surface area contributed by atoms with Crippen LogP contribution in [-0.2, 0) is 17.0 Å². The average molecular weight is 315 g/mol. The lowest BCUT2D eigenvalue weighted by Crippen LogP contribution is -2.33. The molecule has 0 aliphatic rings. The Hall–Kier alpha value is -1.95. The number of nitrogens with one attached hydrogen (secondary N) is 2. The highest BCUT2D eigenvalue weighted by Gasteiger charge is 2.18. The second-order valence-electron chi connectivity index (χ2n) is 5.60. The molecule has 0 saturated carbocycles. The summed E-state index contributed by atoms with van der Waals surface area (Å²) in [6.07, 6.45) is 0. The molecule has 0 fully saturated rings. The van der Waals surface area contributed by atoms with E-state index in [9.17, 15) is 0 Å². The van der Waals surface area contributed by atoms with Gasteiger partial charge in [0.05, 0.1) is 6.61 Å². The monoisotopic (exact) mass is 315 g/mol. The van der Waals surface area contributed by atoms with Crippen molar-refractivity contribution in [2.75, 3.05) is 5.32 Å². The fraction of sp³-hybridized carbons (Fsp3) is 0.235. The zero-order valence-electron chi connectivity index (χ0n) is 12.8. The molecule has 0 aromatic heterocycles. The Balaban J connectivity index is 1.90. The summed E-state index contributed by atoms with van der Waals surface area (Å²) < 4.78 is 0. The number of rotatable bonds is 5. The predicted octanol–water partition coefficient (Wildman–Crippen LogP) is 3.30. The van der Waals surface area contributed by atoms with Gasteiger partial charge in [0.1, 0.15) is 0 Å². The lowest BCUT2D eigenvalue weighted by atomic mass is 9.94. The molecular weight excluding hydrogens is 294 g/mol. The van der Waals surface area contributed by atoms with Crippen molar-refractivity contribution in [2.45, 2.75) is 26.0 Å². The molecule has 0 aliphatic heterocycles. The third kappa shape index (κ3) is 4.80. The van der Waals surface area contributed by atoms with Gasteiger partial charge < -0.3 is 11.1 Å². The van der Waals surface area contributed by atoms with E-state index in [0.29, 0.717) is 11.7 Å². The van der Waals surface area contributed by atoms with Gasteiger partial charge >= 0.3 is 0 Å². The Morgan fingerprint density at radius 3 is 2.41 bits per heavy atom. The summed E-state index contributed by atoms with van der Waals surface area (Å²) in [4.78, 5) is 5.39. The van der Waals surface area contributed by atoms with Crippen LogP contribution in [0.25, 0.3) is 0 Å². The van der Waals surface area contributed by atoms with Crippen molar-refractivity contribution in [1.29, 1.82) is 0 Å². The highest BCUT2D eigenvalue weighted by atomic mass is 32.1. The maximum Gasteiger partial charge on any atom is 0.195 e. The van der Waals surface area contributed by atoms with E-state index < -0.39 is 5.54 Å². The molecule has 4 nitrogen and oxygen atoms in total. The van der Waals surface area contributed by atoms with E-state index in [2.05, 4.69) is 10.8 Å². The van der Waals surface area contributed by atoms with Crippen LogP contribution < -0.4 is 16.5 Å². The van der Waals surface area contributed by atoms with Crippen molar-refractivity contribution in [1.82, 2.24) is 5.48 Å². The van der Waals surface area contributed by atoms with Crippen LogP contribution in [-0.4, -0.2) is 5.11 Å². The molecule has 2 rings (SSSR count). The molecule has 0 spiro atoms. The summed E-state index contributed by atoms with van der Waals surface area (Å²) in [6.45, 7) is 4.35. The number of thiocarbonyl (C=S) groups is 1. The van der Waals surface area contributed by atoms with Gasteiger partial charge in [0.15, 0.2) is 5.11 Å². The van der Waals surface area contributed by atoms with Gasteiger partial charge in [-0.2, -0.15) is 0 Å². The number of anilines is 1. The largest absolute Gasteiger partial charge is 0.331 e. The molecule has 0 atom stereocenters. The van der Waals surface area contributed by atoms with Gasteiger partial charge in [0.25, 0.3) is 0 Å². The molecule has 22 heavy (non-hydrogen) atoms. The van der Waals surface area contributed by atoms with Crippen molar-refractivity contribution in [2.24, 2.45) is 5.73 Å². The van der Waals surface area contributed by atoms with Gasteiger partial charge in [-0.15, -0.1) is 0 Å². The quantitative estimate of drug-likeness (QED) is 0.584. The zero-order chi connectivity index (χ0) is 16.0. The maximum atomic E-state index is 6.17. The van der Waals surface area contributed by atoms with Crippen LogP contribution in [0.4, 0.5) is 5.69 Å². The molecule has 4 N–H and O–H groups in total. The van der Waals surface area contributed by atoms with E-state index in [1.165, 1.54) is 0 Å². The van der Waals surface area contributed by atoms with Gasteiger partial charge in [-0.25, -0.2) is 5.48 Å². The Labute approximate surface area is 136 Å². The predicted molar refractivity (Wildman–Crippen MR) is 94.2 cm³/mol. The molecule has 0 unspecified atom stereocenters. The Bertz CT molecular complexity index is 623. The van der Waals surface area contributed by atoms with Crippen LogP contribution >= 0.6 is 12.2 Å². The number of para-hydroxylation sites is 1. The summed E-state index contributed by atoms with van der Waals surface area (Å²) in [5, 5.41) is 3.51. The molecule has 0 saturated heterocycles. The maximum absolute atomic E-state index is 6.17. The van der Waals surface area contributed by atoms with Gasteiger partial charge in [0.2, 0.25) is 0 Å². The molecule has 0 aliphatic carbocycles. The van der Waals surface area contributed by atoms with E-state index in [1.54, 1.807) is 0 Å². The minimum absolute atomic E-state index is 0.396. The van der Waals surface area contributed by atoms with Crippen LogP contribution in [0.1, 0.15) is 25.0 Å². The molecule has 116 valence electrons. The lowest BCUT2D eigenvalue weighted by molar-refractivity contribution is 0.0728. The fourth-order valence-corrected chi connectivity index (χ4v) is 2.23. The highest BCUT2D eigenvalue weighted by Crippen LogP contribution is 2.25. The van der Waals surface area contributed by atoms with Gasteiger partial charge in [0, 0.05) is 11.2 Å². The van der Waals surface area contributed by atoms with Crippen molar-refractivity contribution in [3.8, 4) is 0 Å². The molecule has 0 bridgehead atoms. The van der Waals surface area contributed by atoms with E-state index in [4.69, 9.17) is 22.8 Å². The molecule has 2 aromatic rings. The molecule has 0 heterocycles. The molecule has 5 heteroatoms.